The summed E-state index contributed by atoms with van der Waals surface area (Å²) in [5.41, 5.74) is 7.19. The predicted molar refractivity (Wildman–Crippen MR) is 81.8 cm³/mol. The third-order valence-electron chi connectivity index (χ3n) is 3.42. The van der Waals surface area contributed by atoms with Gasteiger partial charge in [0, 0.05) is 12.6 Å². The quantitative estimate of drug-likeness (QED) is 0.858. The van der Waals surface area contributed by atoms with Gasteiger partial charge in [-0.25, -0.2) is 0 Å². The number of likely N-dealkylation sites (N-methyl/N-ethyl adjacent to an activating group) is 1. The summed E-state index contributed by atoms with van der Waals surface area (Å²) in [4.78, 5) is 2.15. The summed E-state index contributed by atoms with van der Waals surface area (Å²) in [6.07, 6.45) is 0.948. The van der Waals surface area contributed by atoms with E-state index in [1.165, 1.54) is 5.56 Å². The van der Waals surface area contributed by atoms with Crippen LogP contribution >= 0.6 is 0 Å². The fourth-order valence-electron chi connectivity index (χ4n) is 1.95. The van der Waals surface area contributed by atoms with E-state index in [-0.39, 0.29) is 5.41 Å². The molecular weight excluding hydrogens is 236 g/mol. The maximum Gasteiger partial charge on any atom is 0.119 e. The van der Waals surface area contributed by atoms with Gasteiger partial charge in [0.2, 0.25) is 0 Å². The minimum Gasteiger partial charge on any atom is -0.494 e. The lowest BCUT2D eigenvalue weighted by Gasteiger charge is -2.23. The second-order valence-electron chi connectivity index (χ2n) is 6.27. The first-order chi connectivity index (χ1) is 8.84. The first-order valence-corrected chi connectivity index (χ1v) is 6.94. The highest BCUT2D eigenvalue weighted by Crippen LogP contribution is 2.25. The molecule has 1 rings (SSSR count). The average Bonchev–Trinajstić information content (AvgIpc) is 2.33. The summed E-state index contributed by atoms with van der Waals surface area (Å²) in [6, 6.07) is 8.73. The van der Waals surface area contributed by atoms with Crippen molar-refractivity contribution in [3.63, 3.8) is 0 Å². The Balaban J connectivity index is 2.54. The number of nitrogens with zero attached hydrogens (tertiary/aromatic N) is 1. The molecule has 0 bridgehead atoms. The Bertz CT molecular complexity index is 383. The maximum atomic E-state index is 5.84. The first-order valence-electron chi connectivity index (χ1n) is 6.94. The van der Waals surface area contributed by atoms with Crippen LogP contribution in [0.4, 0.5) is 0 Å². The lowest BCUT2D eigenvalue weighted by atomic mass is 9.87. The lowest BCUT2D eigenvalue weighted by Crippen LogP contribution is -2.36. The van der Waals surface area contributed by atoms with Crippen molar-refractivity contribution >= 4 is 0 Å². The Kier molecular flexibility index (Phi) is 5.83. The second-order valence-corrected chi connectivity index (χ2v) is 6.27. The van der Waals surface area contributed by atoms with Crippen molar-refractivity contribution in [2.75, 3.05) is 27.2 Å². The molecule has 3 nitrogen and oxygen atoms in total. The molecule has 0 aliphatic heterocycles. The van der Waals surface area contributed by atoms with Gasteiger partial charge in [0.15, 0.2) is 0 Å². The lowest BCUT2D eigenvalue weighted by molar-refractivity contribution is 0.225. The molecule has 0 spiro atoms. The van der Waals surface area contributed by atoms with Crippen LogP contribution in [0.15, 0.2) is 24.3 Å². The maximum absolute atomic E-state index is 5.84. The number of ether oxygens (including phenoxy) is 1. The SMILES string of the molecule is CN(C)C(CN)CCOc1cccc(C(C)(C)C)c1. The molecule has 0 heterocycles. The number of nitrogens with two attached hydrogens (primary N) is 1. The van der Waals surface area contributed by atoms with Gasteiger partial charge < -0.3 is 15.4 Å². The summed E-state index contributed by atoms with van der Waals surface area (Å²) in [5, 5.41) is 0. The Morgan fingerprint density at radius 1 is 1.26 bits per heavy atom. The van der Waals surface area contributed by atoms with Crippen molar-refractivity contribution in [1.82, 2.24) is 4.90 Å². The largest absolute Gasteiger partial charge is 0.494 e. The molecule has 1 aromatic carbocycles. The zero-order chi connectivity index (χ0) is 14.5. The monoisotopic (exact) mass is 264 g/mol. The Morgan fingerprint density at radius 3 is 2.47 bits per heavy atom. The summed E-state index contributed by atoms with van der Waals surface area (Å²) >= 11 is 0. The van der Waals surface area contributed by atoms with Crippen LogP contribution < -0.4 is 10.5 Å². The highest BCUT2D eigenvalue weighted by molar-refractivity contribution is 5.32. The molecule has 0 aliphatic carbocycles. The van der Waals surface area contributed by atoms with Crippen LogP contribution in [0, 0.1) is 0 Å². The topological polar surface area (TPSA) is 38.5 Å². The molecule has 0 saturated carbocycles. The van der Waals surface area contributed by atoms with E-state index in [0.29, 0.717) is 19.2 Å². The standard InChI is InChI=1S/C16H28N2O/c1-16(2,3)13-7-6-8-15(11-13)19-10-9-14(12-17)18(4)5/h6-8,11,14H,9-10,12,17H2,1-5H3. The van der Waals surface area contributed by atoms with Gasteiger partial charge in [-0.2, -0.15) is 0 Å². The van der Waals surface area contributed by atoms with Crippen molar-refractivity contribution in [2.45, 2.75) is 38.6 Å². The molecule has 1 unspecified atom stereocenters. The van der Waals surface area contributed by atoms with E-state index in [0.717, 1.165) is 12.2 Å². The third-order valence-corrected chi connectivity index (χ3v) is 3.42. The van der Waals surface area contributed by atoms with Crippen molar-refractivity contribution in [2.24, 2.45) is 5.73 Å². The Labute approximate surface area is 117 Å². The molecule has 0 amide bonds. The third kappa shape index (κ3) is 5.21. The van der Waals surface area contributed by atoms with Crippen LogP contribution in [0.3, 0.4) is 0 Å². The molecule has 108 valence electrons. The molecule has 0 aliphatic rings. The van der Waals surface area contributed by atoms with E-state index >= 15 is 0 Å². The predicted octanol–water partition coefficient (Wildman–Crippen LogP) is 2.64. The van der Waals surface area contributed by atoms with Crippen molar-refractivity contribution < 1.29 is 4.74 Å². The summed E-state index contributed by atoms with van der Waals surface area (Å²) in [7, 11) is 4.11. The number of hydrogen-bond donors (Lipinski definition) is 1. The Morgan fingerprint density at radius 2 is 1.95 bits per heavy atom. The summed E-state index contributed by atoms with van der Waals surface area (Å²) in [6.45, 7) is 8.00. The Hall–Kier alpha value is -1.06. The van der Waals surface area contributed by atoms with Gasteiger partial charge >= 0.3 is 0 Å². The fraction of sp³-hybridized carbons (Fsp3) is 0.625. The van der Waals surface area contributed by atoms with Gasteiger partial charge in [0.25, 0.3) is 0 Å². The molecule has 1 aromatic rings. The molecular formula is C16H28N2O. The molecule has 3 heteroatoms. The molecule has 0 aromatic heterocycles. The van der Waals surface area contributed by atoms with Crippen LogP contribution in [0.5, 0.6) is 5.75 Å². The molecule has 19 heavy (non-hydrogen) atoms. The molecule has 2 N–H and O–H groups in total. The minimum absolute atomic E-state index is 0.156. The normalized spacial score (nSPS) is 13.6. The van der Waals surface area contributed by atoms with E-state index in [1.54, 1.807) is 0 Å². The van der Waals surface area contributed by atoms with E-state index < -0.39 is 0 Å². The summed E-state index contributed by atoms with van der Waals surface area (Å²) in [5.74, 6) is 0.946. The zero-order valence-corrected chi connectivity index (χ0v) is 12.9. The number of rotatable bonds is 6. The van der Waals surface area contributed by atoms with E-state index in [2.05, 4.69) is 58.0 Å². The molecule has 0 saturated heterocycles. The van der Waals surface area contributed by atoms with Gasteiger partial charge in [-0.15, -0.1) is 0 Å². The van der Waals surface area contributed by atoms with Crippen LogP contribution in [-0.4, -0.2) is 38.2 Å². The van der Waals surface area contributed by atoms with Crippen LogP contribution in [0.25, 0.3) is 0 Å². The van der Waals surface area contributed by atoms with Gasteiger partial charge in [-0.05, 0) is 43.6 Å². The highest BCUT2D eigenvalue weighted by atomic mass is 16.5. The van der Waals surface area contributed by atoms with E-state index in [4.69, 9.17) is 10.5 Å². The van der Waals surface area contributed by atoms with Gasteiger partial charge in [-0.3, -0.25) is 0 Å². The van der Waals surface area contributed by atoms with Gasteiger partial charge in [0.05, 0.1) is 6.61 Å². The van der Waals surface area contributed by atoms with Crippen LogP contribution in [0.2, 0.25) is 0 Å². The van der Waals surface area contributed by atoms with E-state index in [9.17, 15) is 0 Å². The summed E-state index contributed by atoms with van der Waals surface area (Å²) < 4.78 is 5.84. The smallest absolute Gasteiger partial charge is 0.119 e. The van der Waals surface area contributed by atoms with Crippen LogP contribution in [-0.2, 0) is 5.41 Å². The average molecular weight is 264 g/mol. The molecule has 0 radical (unpaired) electrons. The number of hydrogen-bond acceptors (Lipinski definition) is 3. The van der Waals surface area contributed by atoms with E-state index in [1.807, 2.05) is 6.07 Å². The molecule has 0 fully saturated rings. The molecule has 1 atom stereocenters. The van der Waals surface area contributed by atoms with Gasteiger partial charge in [-0.1, -0.05) is 32.9 Å². The first kappa shape index (κ1) is 16.0. The highest BCUT2D eigenvalue weighted by Gasteiger charge is 2.14. The van der Waals surface area contributed by atoms with Crippen molar-refractivity contribution in [3.05, 3.63) is 29.8 Å². The van der Waals surface area contributed by atoms with Crippen molar-refractivity contribution in [3.8, 4) is 5.75 Å². The van der Waals surface area contributed by atoms with Gasteiger partial charge in [0.1, 0.15) is 5.75 Å². The zero-order valence-electron chi connectivity index (χ0n) is 12.9. The van der Waals surface area contributed by atoms with Crippen molar-refractivity contribution in [1.29, 1.82) is 0 Å². The fourth-order valence-corrected chi connectivity index (χ4v) is 1.95. The second kappa shape index (κ2) is 6.92. The number of benzene rings is 1. The van der Waals surface area contributed by atoms with Crippen LogP contribution in [0.1, 0.15) is 32.8 Å². The minimum atomic E-state index is 0.156.